The largest absolute Gasteiger partial charge is 0.465 e. The Hall–Kier alpha value is -1.39. The minimum atomic E-state index is -5.17. The molecule has 1 heterocycles. The zero-order valence-corrected chi connectivity index (χ0v) is 14.6. The number of aliphatic hydroxyl groups is 1. The van der Waals surface area contributed by atoms with E-state index < -0.39 is 42.2 Å². The summed E-state index contributed by atoms with van der Waals surface area (Å²) in [6.07, 6.45) is -4.35. The van der Waals surface area contributed by atoms with Crippen LogP contribution >= 0.6 is 0 Å². The molecule has 2 unspecified atom stereocenters. The van der Waals surface area contributed by atoms with Crippen molar-refractivity contribution < 1.29 is 37.3 Å². The van der Waals surface area contributed by atoms with Crippen LogP contribution in [-0.2, 0) is 19.1 Å². The summed E-state index contributed by atoms with van der Waals surface area (Å²) >= 11 is 0. The first-order valence-electron chi connectivity index (χ1n) is 7.95. The number of likely N-dealkylation sites (N-methyl/N-ethyl adjacent to an activating group) is 1. The van der Waals surface area contributed by atoms with E-state index in [1.807, 2.05) is 0 Å². The zero-order chi connectivity index (χ0) is 19.3. The number of hydrogen-bond acceptors (Lipinski definition) is 6. The summed E-state index contributed by atoms with van der Waals surface area (Å²) in [4.78, 5) is 25.4. The molecule has 2 N–H and O–H groups in total. The average Bonchev–Trinajstić information content (AvgIpc) is 2.51. The van der Waals surface area contributed by atoms with Crippen LogP contribution in [-0.4, -0.2) is 80.7 Å². The van der Waals surface area contributed by atoms with E-state index in [1.165, 1.54) is 14.1 Å². The van der Waals surface area contributed by atoms with Crippen LogP contribution in [0.3, 0.4) is 0 Å². The van der Waals surface area contributed by atoms with Crippen LogP contribution in [0.15, 0.2) is 0 Å². The van der Waals surface area contributed by atoms with E-state index in [1.54, 1.807) is 6.92 Å². The predicted molar refractivity (Wildman–Crippen MR) is 81.7 cm³/mol. The number of rotatable bonds is 7. The highest BCUT2D eigenvalue weighted by Gasteiger charge is 2.60. The highest BCUT2D eigenvalue weighted by molar-refractivity contribution is 5.87. The van der Waals surface area contributed by atoms with Gasteiger partial charge < -0.3 is 24.8 Å². The third-order valence-corrected chi connectivity index (χ3v) is 4.01. The molecule has 1 rings (SSSR count). The van der Waals surface area contributed by atoms with E-state index in [0.717, 1.165) is 4.90 Å². The van der Waals surface area contributed by atoms with Gasteiger partial charge in [0.25, 0.3) is 11.5 Å². The van der Waals surface area contributed by atoms with Gasteiger partial charge >= 0.3 is 12.1 Å². The fourth-order valence-electron chi connectivity index (χ4n) is 2.65. The molecule has 0 radical (unpaired) electrons. The van der Waals surface area contributed by atoms with Gasteiger partial charge in [-0.1, -0.05) is 0 Å². The monoisotopic (exact) mass is 370 g/mol. The van der Waals surface area contributed by atoms with Crippen molar-refractivity contribution in [2.24, 2.45) is 5.41 Å². The molecule has 1 aliphatic rings. The summed E-state index contributed by atoms with van der Waals surface area (Å²) in [5, 5.41) is 12.0. The van der Waals surface area contributed by atoms with Crippen molar-refractivity contribution in [3.8, 4) is 0 Å². The maximum Gasteiger partial charge on any atom is 0.427 e. The van der Waals surface area contributed by atoms with E-state index in [4.69, 9.17) is 9.47 Å². The lowest BCUT2D eigenvalue weighted by Crippen LogP contribution is -2.63. The molecule has 2 atom stereocenters. The molecule has 0 saturated carbocycles. The number of alkyl halides is 3. The van der Waals surface area contributed by atoms with Crippen LogP contribution in [0.2, 0.25) is 0 Å². The maximum atomic E-state index is 13.2. The Morgan fingerprint density at radius 2 is 2.00 bits per heavy atom. The standard InChI is InChI=1S/C15H25F3N2O5/c1-4-25-12(22)13(6-5-7-24-10-13)8-19-11(21)14(23,9-20(2)3)15(16,17)18/h23H,4-10H2,1-3H3,(H,19,21). The lowest BCUT2D eigenvalue weighted by molar-refractivity contribution is -0.254. The maximum absolute atomic E-state index is 13.2. The van der Waals surface area contributed by atoms with Gasteiger partial charge in [-0.3, -0.25) is 9.59 Å². The van der Waals surface area contributed by atoms with Crippen molar-refractivity contribution in [2.75, 3.05) is 47.0 Å². The number of nitrogens with one attached hydrogen (secondary N) is 1. The second-order valence-corrected chi connectivity index (χ2v) is 6.44. The van der Waals surface area contributed by atoms with Gasteiger partial charge in [0.05, 0.1) is 13.2 Å². The van der Waals surface area contributed by atoms with E-state index >= 15 is 0 Å². The number of nitrogens with zero attached hydrogens (tertiary/aromatic N) is 1. The molecule has 1 amide bonds. The normalized spacial score (nSPS) is 23.8. The van der Waals surface area contributed by atoms with Crippen molar-refractivity contribution >= 4 is 11.9 Å². The molecule has 7 nitrogen and oxygen atoms in total. The third-order valence-electron chi connectivity index (χ3n) is 4.01. The molecule has 1 fully saturated rings. The van der Waals surface area contributed by atoms with Gasteiger partial charge in [-0.25, -0.2) is 0 Å². The first kappa shape index (κ1) is 21.7. The van der Waals surface area contributed by atoms with E-state index in [9.17, 15) is 27.9 Å². The number of hydrogen-bond donors (Lipinski definition) is 2. The van der Waals surface area contributed by atoms with Crippen molar-refractivity contribution in [2.45, 2.75) is 31.5 Å². The summed E-state index contributed by atoms with van der Waals surface area (Å²) in [7, 11) is 2.61. The van der Waals surface area contributed by atoms with E-state index in [-0.39, 0.29) is 13.2 Å². The van der Waals surface area contributed by atoms with Crippen LogP contribution in [0.1, 0.15) is 19.8 Å². The summed E-state index contributed by atoms with van der Waals surface area (Å²) < 4.78 is 49.8. The van der Waals surface area contributed by atoms with Crippen molar-refractivity contribution in [1.29, 1.82) is 0 Å². The Morgan fingerprint density at radius 3 is 2.44 bits per heavy atom. The molecule has 1 saturated heterocycles. The Morgan fingerprint density at radius 1 is 1.36 bits per heavy atom. The molecular weight excluding hydrogens is 345 g/mol. The number of carbonyl (C=O) groups excluding carboxylic acids is 2. The van der Waals surface area contributed by atoms with Gasteiger partial charge in [0.1, 0.15) is 5.41 Å². The lowest BCUT2D eigenvalue weighted by atomic mass is 9.82. The minimum absolute atomic E-state index is 0.0652. The molecule has 0 aliphatic carbocycles. The second-order valence-electron chi connectivity index (χ2n) is 6.44. The Balaban J connectivity index is 2.93. The van der Waals surface area contributed by atoms with Gasteiger partial charge in [-0.15, -0.1) is 0 Å². The Kier molecular flexibility index (Phi) is 7.21. The molecule has 25 heavy (non-hydrogen) atoms. The zero-order valence-electron chi connectivity index (χ0n) is 14.6. The topological polar surface area (TPSA) is 88.1 Å². The number of carbonyl (C=O) groups is 2. The lowest BCUT2D eigenvalue weighted by Gasteiger charge is -2.36. The van der Waals surface area contributed by atoms with E-state index in [2.05, 4.69) is 5.32 Å². The first-order chi connectivity index (χ1) is 11.5. The fourth-order valence-corrected chi connectivity index (χ4v) is 2.65. The van der Waals surface area contributed by atoms with Crippen LogP contribution in [0.25, 0.3) is 0 Å². The molecule has 10 heteroatoms. The average molecular weight is 370 g/mol. The quantitative estimate of drug-likeness (QED) is 0.628. The first-order valence-corrected chi connectivity index (χ1v) is 7.95. The highest BCUT2D eigenvalue weighted by atomic mass is 19.4. The molecule has 146 valence electrons. The van der Waals surface area contributed by atoms with Crippen molar-refractivity contribution in [3.63, 3.8) is 0 Å². The predicted octanol–water partition coefficient (Wildman–Crippen LogP) is 0.318. The van der Waals surface area contributed by atoms with Crippen molar-refractivity contribution in [3.05, 3.63) is 0 Å². The highest BCUT2D eigenvalue weighted by Crippen LogP contribution is 2.33. The van der Waals surface area contributed by atoms with Crippen LogP contribution in [0.5, 0.6) is 0 Å². The Labute approximate surface area is 144 Å². The number of ether oxygens (including phenoxy) is 2. The van der Waals surface area contributed by atoms with Crippen LogP contribution in [0, 0.1) is 5.41 Å². The van der Waals surface area contributed by atoms with Gasteiger partial charge in [-0.2, -0.15) is 13.2 Å². The SMILES string of the molecule is CCOC(=O)C1(CNC(=O)C(O)(CN(C)C)C(F)(F)F)CCCOC1. The molecule has 0 spiro atoms. The number of halogens is 3. The molecule has 1 aliphatic heterocycles. The van der Waals surface area contributed by atoms with Gasteiger partial charge in [-0.05, 0) is 33.9 Å². The Bertz CT molecular complexity index is 478. The number of amides is 1. The molecule has 0 aromatic rings. The summed E-state index contributed by atoms with van der Waals surface area (Å²) in [6, 6.07) is 0. The van der Waals surface area contributed by atoms with E-state index in [0.29, 0.717) is 19.4 Å². The summed E-state index contributed by atoms with van der Waals surface area (Å²) in [5.41, 5.74) is -4.84. The fraction of sp³-hybridized carbons (Fsp3) is 0.867. The molecule has 0 bridgehead atoms. The smallest absolute Gasteiger partial charge is 0.427 e. The van der Waals surface area contributed by atoms with Gasteiger partial charge in [0, 0.05) is 19.7 Å². The molecule has 0 aromatic carbocycles. The minimum Gasteiger partial charge on any atom is -0.465 e. The van der Waals surface area contributed by atoms with Crippen LogP contribution in [0.4, 0.5) is 13.2 Å². The summed E-state index contributed by atoms with van der Waals surface area (Å²) in [6.45, 7) is 0.711. The second kappa shape index (κ2) is 8.33. The van der Waals surface area contributed by atoms with Gasteiger partial charge in [0.2, 0.25) is 0 Å². The number of esters is 1. The third kappa shape index (κ3) is 5.05. The summed E-state index contributed by atoms with van der Waals surface area (Å²) in [5.74, 6) is -2.25. The molecule has 0 aromatic heterocycles. The van der Waals surface area contributed by atoms with Crippen molar-refractivity contribution in [1.82, 2.24) is 10.2 Å². The molecular formula is C15H25F3N2O5. The van der Waals surface area contributed by atoms with Crippen LogP contribution < -0.4 is 5.32 Å². The van der Waals surface area contributed by atoms with Gasteiger partial charge in [0.15, 0.2) is 0 Å².